The lowest BCUT2D eigenvalue weighted by Gasteiger charge is -2.20. The van der Waals surface area contributed by atoms with Crippen LogP contribution < -0.4 is 0 Å². The van der Waals surface area contributed by atoms with Crippen molar-refractivity contribution >= 4 is 17.7 Å². The standard InChI is InChI=1S/C17H24O2S/c1-5-10-15(13(3)17(18)19-4)16(6-2)20-14-11-8-7-9-12-14/h7-9,11-12,16H,5-6,10H2,1-4H3/b15-13-. The quantitative estimate of drug-likeness (QED) is 0.408. The molecule has 20 heavy (non-hydrogen) atoms. The van der Waals surface area contributed by atoms with E-state index in [0.29, 0.717) is 5.25 Å². The molecule has 0 aromatic heterocycles. The van der Waals surface area contributed by atoms with E-state index in [0.717, 1.165) is 24.8 Å². The summed E-state index contributed by atoms with van der Waals surface area (Å²) in [5, 5.41) is 0.330. The Balaban J connectivity index is 3.00. The van der Waals surface area contributed by atoms with E-state index in [4.69, 9.17) is 4.74 Å². The minimum Gasteiger partial charge on any atom is -0.466 e. The summed E-state index contributed by atoms with van der Waals surface area (Å²) in [6.45, 7) is 6.19. The summed E-state index contributed by atoms with van der Waals surface area (Å²) in [7, 11) is 1.45. The molecule has 1 aromatic rings. The number of hydrogen-bond acceptors (Lipinski definition) is 3. The zero-order valence-corrected chi connectivity index (χ0v) is 13.6. The van der Waals surface area contributed by atoms with Crippen LogP contribution in [0.3, 0.4) is 0 Å². The first-order valence-corrected chi connectivity index (χ1v) is 8.01. The van der Waals surface area contributed by atoms with Crippen molar-refractivity contribution in [1.29, 1.82) is 0 Å². The Hall–Kier alpha value is -1.22. The van der Waals surface area contributed by atoms with Gasteiger partial charge in [0.2, 0.25) is 0 Å². The van der Waals surface area contributed by atoms with Crippen molar-refractivity contribution in [3.05, 3.63) is 41.5 Å². The molecule has 0 heterocycles. The monoisotopic (exact) mass is 292 g/mol. The summed E-state index contributed by atoms with van der Waals surface area (Å²) in [4.78, 5) is 13.1. The van der Waals surface area contributed by atoms with Crippen LogP contribution >= 0.6 is 11.8 Å². The van der Waals surface area contributed by atoms with E-state index in [1.807, 2.05) is 36.9 Å². The normalized spacial score (nSPS) is 13.6. The summed E-state index contributed by atoms with van der Waals surface area (Å²) >= 11 is 1.83. The van der Waals surface area contributed by atoms with Crippen molar-refractivity contribution in [2.24, 2.45) is 0 Å². The first-order valence-electron chi connectivity index (χ1n) is 7.13. The summed E-state index contributed by atoms with van der Waals surface area (Å²) in [6, 6.07) is 10.3. The van der Waals surface area contributed by atoms with Gasteiger partial charge in [-0.25, -0.2) is 4.79 Å². The van der Waals surface area contributed by atoms with Gasteiger partial charge in [0.1, 0.15) is 0 Å². The smallest absolute Gasteiger partial charge is 0.333 e. The van der Waals surface area contributed by atoms with Gasteiger partial charge in [-0.2, -0.15) is 0 Å². The van der Waals surface area contributed by atoms with E-state index in [2.05, 4.69) is 26.0 Å². The number of carbonyl (C=O) groups excluding carboxylic acids is 1. The van der Waals surface area contributed by atoms with Gasteiger partial charge in [0, 0.05) is 15.7 Å². The molecule has 0 spiro atoms. The third-order valence-electron chi connectivity index (χ3n) is 3.27. The van der Waals surface area contributed by atoms with Crippen LogP contribution in [0.2, 0.25) is 0 Å². The molecule has 0 amide bonds. The van der Waals surface area contributed by atoms with Gasteiger partial charge >= 0.3 is 5.97 Å². The van der Waals surface area contributed by atoms with Gasteiger partial charge in [-0.15, -0.1) is 11.8 Å². The van der Waals surface area contributed by atoms with E-state index in [1.54, 1.807) is 0 Å². The lowest BCUT2D eigenvalue weighted by Crippen LogP contribution is -2.13. The van der Waals surface area contributed by atoms with Crippen molar-refractivity contribution < 1.29 is 9.53 Å². The molecule has 1 aromatic carbocycles. The Bertz CT molecular complexity index is 451. The van der Waals surface area contributed by atoms with E-state index < -0.39 is 0 Å². The molecule has 0 saturated carbocycles. The Morgan fingerprint density at radius 2 is 1.90 bits per heavy atom. The number of benzene rings is 1. The van der Waals surface area contributed by atoms with Crippen molar-refractivity contribution in [2.75, 3.05) is 7.11 Å². The van der Waals surface area contributed by atoms with Crippen LogP contribution in [-0.4, -0.2) is 18.3 Å². The minimum atomic E-state index is -0.208. The van der Waals surface area contributed by atoms with Crippen LogP contribution in [0.1, 0.15) is 40.0 Å². The largest absolute Gasteiger partial charge is 0.466 e. The second-order valence-electron chi connectivity index (χ2n) is 4.72. The van der Waals surface area contributed by atoms with Gasteiger partial charge in [0.15, 0.2) is 0 Å². The molecule has 0 aliphatic carbocycles. The zero-order chi connectivity index (χ0) is 15.0. The third kappa shape index (κ3) is 4.71. The number of ether oxygens (including phenoxy) is 1. The van der Waals surface area contributed by atoms with Crippen LogP contribution in [0.25, 0.3) is 0 Å². The molecule has 2 nitrogen and oxygen atoms in total. The van der Waals surface area contributed by atoms with Gasteiger partial charge < -0.3 is 4.74 Å². The molecule has 0 aliphatic heterocycles. The molecule has 1 atom stereocenters. The highest BCUT2D eigenvalue weighted by molar-refractivity contribution is 8.00. The molecular formula is C17H24O2S. The molecule has 1 rings (SSSR count). The lowest BCUT2D eigenvalue weighted by molar-refractivity contribution is -0.136. The number of esters is 1. The molecule has 0 saturated heterocycles. The average Bonchev–Trinajstić information content (AvgIpc) is 2.50. The van der Waals surface area contributed by atoms with Crippen LogP contribution in [0, 0.1) is 0 Å². The molecule has 0 bridgehead atoms. The highest BCUT2D eigenvalue weighted by Gasteiger charge is 2.19. The maximum absolute atomic E-state index is 11.8. The highest BCUT2D eigenvalue weighted by Crippen LogP contribution is 2.33. The van der Waals surface area contributed by atoms with Crippen LogP contribution in [0.15, 0.2) is 46.4 Å². The average molecular weight is 292 g/mol. The first-order chi connectivity index (χ1) is 9.63. The predicted molar refractivity (Wildman–Crippen MR) is 86.0 cm³/mol. The summed E-state index contributed by atoms with van der Waals surface area (Å²) in [5.41, 5.74) is 1.99. The summed E-state index contributed by atoms with van der Waals surface area (Å²) < 4.78 is 4.88. The number of carbonyl (C=O) groups is 1. The number of thioether (sulfide) groups is 1. The fourth-order valence-corrected chi connectivity index (χ4v) is 3.45. The van der Waals surface area contributed by atoms with E-state index in [-0.39, 0.29) is 5.97 Å². The van der Waals surface area contributed by atoms with Gasteiger partial charge in [0.25, 0.3) is 0 Å². The fraction of sp³-hybridized carbons (Fsp3) is 0.471. The molecule has 3 heteroatoms. The Morgan fingerprint density at radius 1 is 1.25 bits per heavy atom. The number of methoxy groups -OCH3 is 1. The molecule has 0 fully saturated rings. The van der Waals surface area contributed by atoms with Gasteiger partial charge in [0.05, 0.1) is 7.11 Å². The van der Waals surface area contributed by atoms with Crippen molar-refractivity contribution in [2.45, 2.75) is 50.2 Å². The highest BCUT2D eigenvalue weighted by atomic mass is 32.2. The van der Waals surface area contributed by atoms with Gasteiger partial charge in [-0.3, -0.25) is 0 Å². The zero-order valence-electron chi connectivity index (χ0n) is 12.8. The Labute approximate surface area is 126 Å². The second-order valence-corrected chi connectivity index (χ2v) is 6.00. The Morgan fingerprint density at radius 3 is 2.40 bits per heavy atom. The molecule has 110 valence electrons. The maximum atomic E-state index is 11.8. The van der Waals surface area contributed by atoms with E-state index >= 15 is 0 Å². The van der Waals surface area contributed by atoms with Crippen molar-refractivity contribution in [3.63, 3.8) is 0 Å². The molecular weight excluding hydrogens is 268 g/mol. The molecule has 0 radical (unpaired) electrons. The number of rotatable bonds is 7. The minimum absolute atomic E-state index is 0.208. The SMILES string of the molecule is CCC/C(=C(\C)C(=O)OC)C(CC)Sc1ccccc1. The van der Waals surface area contributed by atoms with Crippen molar-refractivity contribution in [1.82, 2.24) is 0 Å². The Kier molecular flexibility index (Phi) is 7.45. The molecule has 0 N–H and O–H groups in total. The van der Waals surface area contributed by atoms with Crippen LogP contribution in [0.5, 0.6) is 0 Å². The van der Waals surface area contributed by atoms with Crippen LogP contribution in [-0.2, 0) is 9.53 Å². The first kappa shape index (κ1) is 16.8. The molecule has 1 unspecified atom stereocenters. The second kappa shape index (κ2) is 8.85. The predicted octanol–water partition coefficient (Wildman–Crippen LogP) is 4.85. The maximum Gasteiger partial charge on any atom is 0.333 e. The fourth-order valence-electron chi connectivity index (χ4n) is 2.21. The van der Waals surface area contributed by atoms with E-state index in [9.17, 15) is 4.79 Å². The summed E-state index contributed by atoms with van der Waals surface area (Å²) in [5.74, 6) is -0.208. The molecule has 0 aliphatic rings. The lowest BCUT2D eigenvalue weighted by atomic mass is 9.99. The third-order valence-corrected chi connectivity index (χ3v) is 4.72. The van der Waals surface area contributed by atoms with Crippen molar-refractivity contribution in [3.8, 4) is 0 Å². The van der Waals surface area contributed by atoms with E-state index in [1.165, 1.54) is 17.6 Å². The van der Waals surface area contributed by atoms with Gasteiger partial charge in [-0.1, -0.05) is 38.5 Å². The van der Waals surface area contributed by atoms with Gasteiger partial charge in [-0.05, 0) is 37.5 Å². The topological polar surface area (TPSA) is 26.3 Å². The summed E-state index contributed by atoms with van der Waals surface area (Å²) in [6.07, 6.45) is 2.98. The number of hydrogen-bond donors (Lipinski definition) is 0. The van der Waals surface area contributed by atoms with Crippen LogP contribution in [0.4, 0.5) is 0 Å².